The first-order valence-corrected chi connectivity index (χ1v) is 3.53. The van der Waals surface area contributed by atoms with Crippen molar-refractivity contribution < 1.29 is 9.53 Å². The zero-order valence-electron chi connectivity index (χ0n) is 6.46. The van der Waals surface area contributed by atoms with Gasteiger partial charge in [0.1, 0.15) is 0 Å². The highest BCUT2D eigenvalue weighted by atomic mass is 16.5. The standard InChI is InChI=1S/C7H13NO2/c1-6(9)8(2)7-3-4-10-5-7/h7H,3-5H2,1-2H3/t7-/m1/s1. The Morgan fingerprint density at radius 3 is 2.80 bits per heavy atom. The monoisotopic (exact) mass is 143 g/mol. The molecule has 1 aliphatic heterocycles. The molecule has 3 heteroatoms. The Balaban J connectivity index is 2.39. The van der Waals surface area contributed by atoms with Crippen LogP contribution in [0.2, 0.25) is 0 Å². The largest absolute Gasteiger partial charge is 0.379 e. The van der Waals surface area contributed by atoms with Crippen molar-refractivity contribution in [2.75, 3.05) is 20.3 Å². The van der Waals surface area contributed by atoms with Gasteiger partial charge in [0.05, 0.1) is 12.6 Å². The average molecular weight is 143 g/mol. The Labute approximate surface area is 61.0 Å². The van der Waals surface area contributed by atoms with E-state index in [1.165, 1.54) is 0 Å². The topological polar surface area (TPSA) is 29.5 Å². The zero-order valence-corrected chi connectivity index (χ0v) is 6.46. The number of ether oxygens (including phenoxy) is 1. The molecular weight excluding hydrogens is 130 g/mol. The highest BCUT2D eigenvalue weighted by Gasteiger charge is 2.21. The summed E-state index contributed by atoms with van der Waals surface area (Å²) >= 11 is 0. The molecule has 0 aromatic rings. The third-order valence-electron chi connectivity index (χ3n) is 1.95. The average Bonchev–Trinajstić information content (AvgIpc) is 2.36. The van der Waals surface area contributed by atoms with E-state index in [1.54, 1.807) is 11.8 Å². The van der Waals surface area contributed by atoms with E-state index in [2.05, 4.69) is 0 Å². The first kappa shape index (κ1) is 7.54. The summed E-state index contributed by atoms with van der Waals surface area (Å²) in [5, 5.41) is 0. The molecule has 3 nitrogen and oxygen atoms in total. The van der Waals surface area contributed by atoms with Crippen molar-refractivity contribution in [3.8, 4) is 0 Å². The molecule has 1 fully saturated rings. The number of likely N-dealkylation sites (N-methyl/N-ethyl adjacent to an activating group) is 1. The van der Waals surface area contributed by atoms with Gasteiger partial charge in [0.15, 0.2) is 0 Å². The number of carbonyl (C=O) groups excluding carboxylic acids is 1. The van der Waals surface area contributed by atoms with Gasteiger partial charge in [0.2, 0.25) is 5.91 Å². The molecule has 1 rings (SSSR count). The van der Waals surface area contributed by atoms with Crippen LogP contribution in [0.3, 0.4) is 0 Å². The third-order valence-corrected chi connectivity index (χ3v) is 1.95. The third kappa shape index (κ3) is 1.48. The summed E-state index contributed by atoms with van der Waals surface area (Å²) in [6.07, 6.45) is 0.982. The molecule has 58 valence electrons. The maximum atomic E-state index is 10.8. The van der Waals surface area contributed by atoms with Crippen molar-refractivity contribution in [1.82, 2.24) is 4.90 Å². The van der Waals surface area contributed by atoms with E-state index in [1.807, 2.05) is 7.05 Å². The molecule has 1 heterocycles. The van der Waals surface area contributed by atoms with Crippen molar-refractivity contribution in [3.63, 3.8) is 0 Å². The van der Waals surface area contributed by atoms with E-state index in [4.69, 9.17) is 4.74 Å². The lowest BCUT2D eigenvalue weighted by molar-refractivity contribution is -0.129. The lowest BCUT2D eigenvalue weighted by Crippen LogP contribution is -2.35. The molecule has 1 saturated heterocycles. The molecule has 0 spiro atoms. The second-order valence-corrected chi connectivity index (χ2v) is 2.65. The molecule has 0 bridgehead atoms. The van der Waals surface area contributed by atoms with Crippen molar-refractivity contribution in [3.05, 3.63) is 0 Å². The summed E-state index contributed by atoms with van der Waals surface area (Å²) in [6, 6.07) is 0.317. The fourth-order valence-corrected chi connectivity index (χ4v) is 1.08. The van der Waals surface area contributed by atoms with Crippen LogP contribution in [0.25, 0.3) is 0 Å². The van der Waals surface area contributed by atoms with Crippen LogP contribution in [0.4, 0.5) is 0 Å². The first-order valence-electron chi connectivity index (χ1n) is 3.53. The van der Waals surface area contributed by atoms with Crippen LogP contribution >= 0.6 is 0 Å². The fraction of sp³-hybridized carbons (Fsp3) is 0.857. The number of nitrogens with zero attached hydrogens (tertiary/aromatic N) is 1. The molecule has 0 N–H and O–H groups in total. The minimum absolute atomic E-state index is 0.121. The first-order chi connectivity index (χ1) is 4.72. The highest BCUT2D eigenvalue weighted by molar-refractivity contribution is 5.73. The van der Waals surface area contributed by atoms with Gasteiger partial charge in [-0.25, -0.2) is 0 Å². The molecule has 0 aliphatic carbocycles. The van der Waals surface area contributed by atoms with Crippen LogP contribution < -0.4 is 0 Å². The van der Waals surface area contributed by atoms with Crippen LogP contribution in [-0.4, -0.2) is 37.1 Å². The Kier molecular flexibility index (Phi) is 2.27. The van der Waals surface area contributed by atoms with Crippen LogP contribution in [0, 0.1) is 0 Å². The Morgan fingerprint density at radius 1 is 1.70 bits per heavy atom. The molecule has 1 atom stereocenters. The minimum atomic E-state index is 0.121. The summed E-state index contributed by atoms with van der Waals surface area (Å²) in [6.45, 7) is 3.08. The van der Waals surface area contributed by atoms with Gasteiger partial charge < -0.3 is 9.64 Å². The Morgan fingerprint density at radius 2 is 2.40 bits per heavy atom. The van der Waals surface area contributed by atoms with Gasteiger partial charge in [-0.15, -0.1) is 0 Å². The van der Waals surface area contributed by atoms with Crippen molar-refractivity contribution in [2.24, 2.45) is 0 Å². The SMILES string of the molecule is CC(=O)N(C)[C@@H]1CCOC1. The van der Waals surface area contributed by atoms with E-state index < -0.39 is 0 Å². The highest BCUT2D eigenvalue weighted by Crippen LogP contribution is 2.09. The van der Waals surface area contributed by atoms with Crippen molar-refractivity contribution in [2.45, 2.75) is 19.4 Å². The number of hydrogen-bond acceptors (Lipinski definition) is 2. The molecule has 1 amide bonds. The maximum absolute atomic E-state index is 10.8. The number of carbonyl (C=O) groups is 1. The lowest BCUT2D eigenvalue weighted by atomic mass is 10.2. The van der Waals surface area contributed by atoms with Crippen molar-refractivity contribution in [1.29, 1.82) is 0 Å². The normalized spacial score (nSPS) is 24.8. The Hall–Kier alpha value is -0.570. The van der Waals surface area contributed by atoms with Crippen LogP contribution in [0.5, 0.6) is 0 Å². The molecular formula is C7H13NO2. The fourth-order valence-electron chi connectivity index (χ4n) is 1.08. The van der Waals surface area contributed by atoms with Crippen molar-refractivity contribution >= 4 is 5.91 Å². The predicted molar refractivity (Wildman–Crippen MR) is 37.7 cm³/mol. The van der Waals surface area contributed by atoms with Gasteiger partial charge in [-0.3, -0.25) is 4.79 Å². The van der Waals surface area contributed by atoms with Gasteiger partial charge in [-0.2, -0.15) is 0 Å². The quantitative estimate of drug-likeness (QED) is 0.526. The van der Waals surface area contributed by atoms with Crippen LogP contribution in [0.1, 0.15) is 13.3 Å². The molecule has 0 aromatic carbocycles. The second kappa shape index (κ2) is 3.01. The molecule has 10 heavy (non-hydrogen) atoms. The number of amides is 1. The van der Waals surface area contributed by atoms with Crippen LogP contribution in [-0.2, 0) is 9.53 Å². The van der Waals surface area contributed by atoms with Gasteiger partial charge >= 0.3 is 0 Å². The molecule has 0 unspecified atom stereocenters. The van der Waals surface area contributed by atoms with Gasteiger partial charge in [-0.1, -0.05) is 0 Å². The van der Waals surface area contributed by atoms with Gasteiger partial charge in [0, 0.05) is 20.6 Å². The second-order valence-electron chi connectivity index (χ2n) is 2.65. The van der Waals surface area contributed by atoms with E-state index in [9.17, 15) is 4.79 Å². The summed E-state index contributed by atoms with van der Waals surface area (Å²) in [4.78, 5) is 12.5. The molecule has 0 saturated carbocycles. The van der Waals surface area contributed by atoms with E-state index in [0.717, 1.165) is 13.0 Å². The lowest BCUT2D eigenvalue weighted by Gasteiger charge is -2.20. The van der Waals surface area contributed by atoms with Gasteiger partial charge in [0.25, 0.3) is 0 Å². The molecule has 1 aliphatic rings. The van der Waals surface area contributed by atoms with Crippen LogP contribution in [0.15, 0.2) is 0 Å². The van der Waals surface area contributed by atoms with Gasteiger partial charge in [-0.05, 0) is 6.42 Å². The Bertz CT molecular complexity index is 130. The van der Waals surface area contributed by atoms with E-state index in [-0.39, 0.29) is 5.91 Å². The molecule has 0 radical (unpaired) electrons. The zero-order chi connectivity index (χ0) is 7.56. The smallest absolute Gasteiger partial charge is 0.219 e. The van der Waals surface area contributed by atoms with E-state index >= 15 is 0 Å². The summed E-state index contributed by atoms with van der Waals surface area (Å²) in [7, 11) is 1.82. The van der Waals surface area contributed by atoms with E-state index in [0.29, 0.717) is 12.6 Å². The number of hydrogen-bond donors (Lipinski definition) is 0. The number of rotatable bonds is 1. The minimum Gasteiger partial charge on any atom is -0.379 e. The summed E-state index contributed by atoms with van der Waals surface area (Å²) in [5.74, 6) is 0.121. The predicted octanol–water partition coefficient (Wildman–Crippen LogP) is 0.254. The summed E-state index contributed by atoms with van der Waals surface area (Å²) < 4.78 is 5.13. The summed E-state index contributed by atoms with van der Waals surface area (Å²) in [5.41, 5.74) is 0. The molecule has 0 aromatic heterocycles. The maximum Gasteiger partial charge on any atom is 0.219 e.